The van der Waals surface area contributed by atoms with E-state index in [0.717, 1.165) is 25.2 Å². The minimum Gasteiger partial charge on any atom is -0.498 e. The van der Waals surface area contributed by atoms with Gasteiger partial charge in [-0.1, -0.05) is 77.2 Å². The van der Waals surface area contributed by atoms with Gasteiger partial charge in [-0.3, -0.25) is 0 Å². The fraction of sp³-hybridized carbons (Fsp3) is 0.667. The summed E-state index contributed by atoms with van der Waals surface area (Å²) in [5.74, 6) is 1.12. The fourth-order valence-corrected chi connectivity index (χ4v) is 1.93. The van der Waals surface area contributed by atoms with Gasteiger partial charge in [-0.15, -0.1) is 0 Å². The number of unbranched alkanes of at least 4 members (excludes halogenated alkanes) is 6. The highest BCUT2D eigenvalue weighted by atomic mass is 16.5. The summed E-state index contributed by atoms with van der Waals surface area (Å²) in [6.07, 6.45) is 19.4. The summed E-state index contributed by atoms with van der Waals surface area (Å²) in [6.45, 7) is 8.90. The van der Waals surface area contributed by atoms with Gasteiger partial charge in [0.2, 0.25) is 0 Å². The van der Waals surface area contributed by atoms with E-state index in [1.807, 2.05) is 12.2 Å². The van der Waals surface area contributed by atoms with Crippen molar-refractivity contribution in [3.05, 3.63) is 36.6 Å². The van der Waals surface area contributed by atoms with Crippen molar-refractivity contribution in [1.82, 2.24) is 0 Å². The Bertz CT molecular complexity index is 250. The van der Waals surface area contributed by atoms with E-state index in [-0.39, 0.29) is 0 Å². The molecule has 1 heteroatoms. The zero-order valence-corrected chi connectivity index (χ0v) is 13.0. The molecule has 0 bridgehead atoms. The third-order valence-corrected chi connectivity index (χ3v) is 3.05. The molecule has 0 spiro atoms. The van der Waals surface area contributed by atoms with Crippen molar-refractivity contribution in [3.63, 3.8) is 0 Å². The van der Waals surface area contributed by atoms with Crippen molar-refractivity contribution in [1.29, 1.82) is 0 Å². The van der Waals surface area contributed by atoms with Gasteiger partial charge in [0.05, 0.1) is 12.4 Å². The monoisotopic (exact) mass is 264 g/mol. The second kappa shape index (κ2) is 15.1. The molecule has 0 saturated heterocycles. The Hall–Kier alpha value is -0.980. The van der Waals surface area contributed by atoms with E-state index < -0.39 is 0 Å². The predicted molar refractivity (Wildman–Crippen MR) is 86.3 cm³/mol. The molecule has 0 fully saturated rings. The van der Waals surface area contributed by atoms with Gasteiger partial charge in [0, 0.05) is 6.42 Å². The van der Waals surface area contributed by atoms with Crippen molar-refractivity contribution in [3.8, 4) is 0 Å². The summed E-state index contributed by atoms with van der Waals surface area (Å²) in [5.41, 5.74) is 0. The first-order valence-electron chi connectivity index (χ1n) is 7.96. The first kappa shape index (κ1) is 18.0. The summed E-state index contributed by atoms with van der Waals surface area (Å²) in [6, 6.07) is 0. The van der Waals surface area contributed by atoms with Gasteiger partial charge in [0.25, 0.3) is 0 Å². The van der Waals surface area contributed by atoms with Crippen LogP contribution in [0.25, 0.3) is 0 Å². The quantitative estimate of drug-likeness (QED) is 0.219. The van der Waals surface area contributed by atoms with Gasteiger partial charge in [0.15, 0.2) is 0 Å². The average Bonchev–Trinajstić information content (AvgIpc) is 2.43. The molecule has 0 aromatic carbocycles. The molecular weight excluding hydrogens is 232 g/mol. The van der Waals surface area contributed by atoms with Crippen molar-refractivity contribution in [2.45, 2.75) is 71.6 Å². The Morgan fingerprint density at radius 1 is 0.895 bits per heavy atom. The van der Waals surface area contributed by atoms with Crippen LogP contribution >= 0.6 is 0 Å². The smallest absolute Gasteiger partial charge is 0.0959 e. The topological polar surface area (TPSA) is 9.23 Å². The van der Waals surface area contributed by atoms with Crippen LogP contribution in [0.5, 0.6) is 0 Å². The van der Waals surface area contributed by atoms with Gasteiger partial charge >= 0.3 is 0 Å². The van der Waals surface area contributed by atoms with Gasteiger partial charge < -0.3 is 4.74 Å². The second-order valence-electron chi connectivity index (χ2n) is 4.97. The van der Waals surface area contributed by atoms with Crippen LogP contribution in [0.4, 0.5) is 0 Å². The number of allylic oxidation sites excluding steroid dienone is 5. The van der Waals surface area contributed by atoms with Crippen LogP contribution < -0.4 is 0 Å². The van der Waals surface area contributed by atoms with Crippen LogP contribution in [0, 0.1) is 0 Å². The minimum absolute atomic E-state index is 0.824. The Kier molecular flexibility index (Phi) is 14.3. The molecule has 0 aliphatic heterocycles. The van der Waals surface area contributed by atoms with Crippen LogP contribution in [-0.4, -0.2) is 6.61 Å². The maximum atomic E-state index is 5.76. The molecule has 0 atom stereocenters. The number of hydrogen-bond acceptors (Lipinski definition) is 1. The molecule has 19 heavy (non-hydrogen) atoms. The lowest BCUT2D eigenvalue weighted by Crippen LogP contribution is -1.94. The van der Waals surface area contributed by atoms with Crippen LogP contribution in [0.15, 0.2) is 36.6 Å². The van der Waals surface area contributed by atoms with E-state index in [2.05, 4.69) is 26.5 Å². The number of rotatable bonds is 13. The molecular formula is C18H32O. The SMILES string of the molecule is C=C/C=C/C=C(/CCCCCCCCC)OCCC. The molecule has 110 valence electrons. The zero-order valence-electron chi connectivity index (χ0n) is 13.0. The van der Waals surface area contributed by atoms with Crippen LogP contribution in [0.2, 0.25) is 0 Å². The number of hydrogen-bond donors (Lipinski definition) is 0. The highest BCUT2D eigenvalue weighted by Gasteiger charge is 1.98. The molecule has 0 aliphatic rings. The van der Waals surface area contributed by atoms with E-state index in [1.165, 1.54) is 44.9 Å². The van der Waals surface area contributed by atoms with Crippen LogP contribution in [0.3, 0.4) is 0 Å². The molecule has 0 saturated carbocycles. The first-order chi connectivity index (χ1) is 9.35. The summed E-state index contributed by atoms with van der Waals surface area (Å²) < 4.78 is 5.76. The summed E-state index contributed by atoms with van der Waals surface area (Å²) in [4.78, 5) is 0. The Balaban J connectivity index is 3.76. The molecule has 0 aromatic heterocycles. The summed E-state index contributed by atoms with van der Waals surface area (Å²) in [5, 5.41) is 0. The van der Waals surface area contributed by atoms with E-state index in [0.29, 0.717) is 0 Å². The predicted octanol–water partition coefficient (Wildman–Crippen LogP) is 6.18. The first-order valence-corrected chi connectivity index (χ1v) is 7.96. The van der Waals surface area contributed by atoms with Crippen LogP contribution in [0.1, 0.15) is 71.6 Å². The second-order valence-corrected chi connectivity index (χ2v) is 4.97. The molecule has 0 aromatic rings. The molecule has 0 unspecified atom stereocenters. The molecule has 0 aliphatic carbocycles. The molecule has 1 nitrogen and oxygen atoms in total. The summed E-state index contributed by atoms with van der Waals surface area (Å²) >= 11 is 0. The van der Waals surface area contributed by atoms with Crippen molar-refractivity contribution >= 4 is 0 Å². The van der Waals surface area contributed by atoms with Crippen molar-refractivity contribution in [2.24, 2.45) is 0 Å². The van der Waals surface area contributed by atoms with Gasteiger partial charge in [0.1, 0.15) is 0 Å². The van der Waals surface area contributed by atoms with E-state index in [4.69, 9.17) is 4.74 Å². The van der Waals surface area contributed by atoms with E-state index >= 15 is 0 Å². The van der Waals surface area contributed by atoms with E-state index in [9.17, 15) is 0 Å². The maximum Gasteiger partial charge on any atom is 0.0959 e. The normalized spacial score (nSPS) is 12.0. The zero-order chi connectivity index (χ0) is 14.2. The lowest BCUT2D eigenvalue weighted by atomic mass is 10.1. The lowest BCUT2D eigenvalue weighted by Gasteiger charge is -2.09. The molecule has 0 heterocycles. The van der Waals surface area contributed by atoms with Gasteiger partial charge in [-0.2, -0.15) is 0 Å². The lowest BCUT2D eigenvalue weighted by molar-refractivity contribution is 0.200. The maximum absolute atomic E-state index is 5.76. The standard InChI is InChI=1S/C18H32O/c1-4-7-9-10-11-12-14-16-18(19-17-6-3)15-13-8-5-2/h5,8,13,15H,2,4,6-7,9-12,14,16-17H2,1,3H3/b13-8+,18-15-. The Labute approximate surface area is 120 Å². The Morgan fingerprint density at radius 2 is 1.58 bits per heavy atom. The fourth-order valence-electron chi connectivity index (χ4n) is 1.93. The molecule has 0 radical (unpaired) electrons. The molecule has 0 rings (SSSR count). The highest BCUT2D eigenvalue weighted by molar-refractivity contribution is 5.12. The largest absolute Gasteiger partial charge is 0.498 e. The molecule has 0 amide bonds. The van der Waals surface area contributed by atoms with Crippen LogP contribution in [-0.2, 0) is 4.74 Å². The third kappa shape index (κ3) is 13.3. The minimum atomic E-state index is 0.824. The Morgan fingerprint density at radius 3 is 2.21 bits per heavy atom. The average molecular weight is 264 g/mol. The van der Waals surface area contributed by atoms with Gasteiger partial charge in [-0.05, 0) is 18.9 Å². The summed E-state index contributed by atoms with van der Waals surface area (Å²) in [7, 11) is 0. The highest BCUT2D eigenvalue weighted by Crippen LogP contribution is 2.13. The van der Waals surface area contributed by atoms with Crippen molar-refractivity contribution < 1.29 is 4.74 Å². The molecule has 0 N–H and O–H groups in total. The van der Waals surface area contributed by atoms with Gasteiger partial charge in [-0.25, -0.2) is 0 Å². The number of ether oxygens (including phenoxy) is 1. The van der Waals surface area contributed by atoms with E-state index in [1.54, 1.807) is 6.08 Å². The van der Waals surface area contributed by atoms with Crippen molar-refractivity contribution in [2.75, 3.05) is 6.61 Å². The third-order valence-electron chi connectivity index (χ3n) is 3.05.